The molecule has 4 heteroatoms. The number of aryl methyl sites for hydroxylation is 2. The van der Waals surface area contributed by atoms with Crippen LogP contribution in [-0.2, 0) is 10.8 Å². The van der Waals surface area contributed by atoms with E-state index in [1.165, 1.54) is 21.9 Å². The highest BCUT2D eigenvalue weighted by Gasteiger charge is 2.26. The number of nitrogens with zero attached hydrogens (tertiary/aromatic N) is 4. The van der Waals surface area contributed by atoms with Gasteiger partial charge in [0.05, 0.1) is 33.5 Å². The quantitative estimate of drug-likeness (QED) is 0.186. The Morgan fingerprint density at radius 3 is 1.31 bits per heavy atom. The third-order valence-corrected chi connectivity index (χ3v) is 10.0. The Bertz CT molecular complexity index is 2390. The van der Waals surface area contributed by atoms with Crippen molar-refractivity contribution in [3.8, 4) is 51.5 Å². The zero-order valence-corrected chi connectivity index (χ0v) is 30.7. The zero-order chi connectivity index (χ0) is 36.2. The van der Waals surface area contributed by atoms with Gasteiger partial charge in [-0.3, -0.25) is 0 Å². The number of rotatable bonds is 4. The molecule has 2 heterocycles. The molecule has 7 aromatic rings. The lowest BCUT2D eigenvalue weighted by Crippen LogP contribution is -2.10. The van der Waals surface area contributed by atoms with E-state index in [1.54, 1.807) is 0 Å². The molecule has 0 saturated carbocycles. The summed E-state index contributed by atoms with van der Waals surface area (Å²) in [6, 6.07) is 42.7. The van der Waals surface area contributed by atoms with Crippen molar-refractivity contribution in [2.24, 2.45) is 0 Å². The van der Waals surface area contributed by atoms with E-state index in [1.807, 2.05) is 60.7 Å². The van der Waals surface area contributed by atoms with E-state index < -0.39 is 0 Å². The summed E-state index contributed by atoms with van der Waals surface area (Å²) < 4.78 is 2.36. The number of pyridine rings is 1. The van der Waals surface area contributed by atoms with Crippen LogP contribution >= 0.6 is 0 Å². The molecular formula is C48H46N4. The van der Waals surface area contributed by atoms with Gasteiger partial charge in [0, 0.05) is 33.2 Å². The summed E-state index contributed by atoms with van der Waals surface area (Å²) in [5.74, 6) is 0. The first-order valence-corrected chi connectivity index (χ1v) is 17.5. The first-order chi connectivity index (χ1) is 24.3. The van der Waals surface area contributed by atoms with Gasteiger partial charge in [0.1, 0.15) is 12.1 Å². The van der Waals surface area contributed by atoms with Gasteiger partial charge in [-0.05, 0) is 88.9 Å². The van der Waals surface area contributed by atoms with E-state index >= 15 is 0 Å². The second-order valence-corrected chi connectivity index (χ2v) is 15.6. The van der Waals surface area contributed by atoms with Crippen molar-refractivity contribution < 1.29 is 0 Å². The van der Waals surface area contributed by atoms with E-state index in [0.717, 1.165) is 44.5 Å². The Labute approximate surface area is 308 Å². The van der Waals surface area contributed by atoms with Gasteiger partial charge in [0.15, 0.2) is 0 Å². The molecule has 0 bridgehead atoms. The van der Waals surface area contributed by atoms with Crippen LogP contribution in [0.15, 0.2) is 109 Å². The minimum absolute atomic E-state index is 0. The number of hydrogen-bond donors (Lipinski definition) is 0. The highest BCUT2D eigenvalue weighted by molar-refractivity contribution is 6.10. The van der Waals surface area contributed by atoms with E-state index in [9.17, 15) is 10.5 Å². The minimum atomic E-state index is 0. The zero-order valence-electron chi connectivity index (χ0n) is 30.7. The number of aromatic nitrogens is 2. The molecule has 0 radical (unpaired) electrons. The maximum atomic E-state index is 10.8. The van der Waals surface area contributed by atoms with Gasteiger partial charge in [-0.25, -0.2) is 4.98 Å². The molecule has 0 amide bonds. The summed E-state index contributed by atoms with van der Waals surface area (Å²) in [5.41, 5.74) is 13.0. The van der Waals surface area contributed by atoms with Crippen LogP contribution in [0.4, 0.5) is 0 Å². The number of hydrogen-bond acceptors (Lipinski definition) is 3. The second-order valence-electron chi connectivity index (χ2n) is 15.6. The highest BCUT2D eigenvalue weighted by Crippen LogP contribution is 2.43. The molecule has 0 aliphatic rings. The Morgan fingerprint density at radius 2 is 0.942 bits per heavy atom. The van der Waals surface area contributed by atoms with Gasteiger partial charge in [-0.1, -0.05) is 122 Å². The number of benzene rings is 5. The largest absolute Gasteiger partial charge is 0.309 e. The Balaban J connectivity index is 0.00000464. The Kier molecular flexibility index (Phi) is 9.16. The van der Waals surface area contributed by atoms with Crippen molar-refractivity contribution in [3.05, 3.63) is 143 Å². The molecule has 258 valence electrons. The average molecular weight is 679 g/mol. The molecule has 5 aromatic carbocycles. The Morgan fingerprint density at radius 1 is 0.538 bits per heavy atom. The van der Waals surface area contributed by atoms with Crippen LogP contribution in [0.25, 0.3) is 61.1 Å². The first kappa shape index (κ1) is 35.8. The monoisotopic (exact) mass is 678 g/mol. The van der Waals surface area contributed by atoms with E-state index in [-0.39, 0.29) is 18.3 Å². The molecule has 0 fully saturated rings. The maximum absolute atomic E-state index is 10.8. The van der Waals surface area contributed by atoms with Crippen molar-refractivity contribution in [2.75, 3.05) is 0 Å². The van der Waals surface area contributed by atoms with Gasteiger partial charge in [0.25, 0.3) is 0 Å². The van der Waals surface area contributed by atoms with Crippen molar-refractivity contribution >= 4 is 21.8 Å². The van der Waals surface area contributed by atoms with Crippen molar-refractivity contribution in [1.29, 1.82) is 10.5 Å². The molecule has 4 nitrogen and oxygen atoms in total. The van der Waals surface area contributed by atoms with Gasteiger partial charge in [-0.2, -0.15) is 10.5 Å². The van der Waals surface area contributed by atoms with Crippen LogP contribution in [0.5, 0.6) is 0 Å². The molecular weight excluding hydrogens is 633 g/mol. The minimum Gasteiger partial charge on any atom is -0.309 e. The van der Waals surface area contributed by atoms with Crippen molar-refractivity contribution in [2.45, 2.75) is 73.6 Å². The highest BCUT2D eigenvalue weighted by atomic mass is 15.0. The number of fused-ring (bicyclic) bond motifs is 3. The first-order valence-electron chi connectivity index (χ1n) is 17.5. The summed E-state index contributed by atoms with van der Waals surface area (Å²) in [4.78, 5) is 5.03. The van der Waals surface area contributed by atoms with Crippen LogP contribution < -0.4 is 0 Å². The van der Waals surface area contributed by atoms with E-state index in [0.29, 0.717) is 28.1 Å². The summed E-state index contributed by atoms with van der Waals surface area (Å²) in [6.45, 7) is 17.7. The van der Waals surface area contributed by atoms with E-state index in [4.69, 9.17) is 4.98 Å². The van der Waals surface area contributed by atoms with Crippen molar-refractivity contribution in [1.82, 2.24) is 9.55 Å². The predicted octanol–water partition coefficient (Wildman–Crippen LogP) is 12.8. The van der Waals surface area contributed by atoms with Crippen LogP contribution in [0.1, 0.15) is 82.3 Å². The molecule has 0 atom stereocenters. The van der Waals surface area contributed by atoms with Gasteiger partial charge in [0.2, 0.25) is 0 Å². The maximum Gasteiger partial charge on any atom is 0.102 e. The standard InChI is InChI=1S/C47H42N4.CH4/c1-29-23-35(51-40-21-19-33(46(3,4)5)25-36(40)37-26-34(47(6,7)8)20-22-41(37)51)24-30(2)42(29)43-38(27-48)44(31-15-11-9-12-16-31)50-45(39(43)28-49)32-17-13-10-14-18-32;/h9-26H,1-8H3;1H4. The van der Waals surface area contributed by atoms with Crippen LogP contribution in [0.3, 0.4) is 0 Å². The number of nitriles is 2. The van der Waals surface area contributed by atoms with Gasteiger partial charge >= 0.3 is 0 Å². The fourth-order valence-corrected chi connectivity index (χ4v) is 7.36. The smallest absolute Gasteiger partial charge is 0.102 e. The molecule has 0 unspecified atom stereocenters. The lowest BCUT2D eigenvalue weighted by Gasteiger charge is -2.21. The average Bonchev–Trinajstić information content (AvgIpc) is 3.44. The fourth-order valence-electron chi connectivity index (χ4n) is 7.36. The fraction of sp³-hybridized carbons (Fsp3) is 0.229. The van der Waals surface area contributed by atoms with Gasteiger partial charge < -0.3 is 4.57 Å². The van der Waals surface area contributed by atoms with Crippen molar-refractivity contribution in [3.63, 3.8) is 0 Å². The third kappa shape index (κ3) is 6.06. The van der Waals surface area contributed by atoms with Crippen LogP contribution in [0, 0.1) is 36.5 Å². The molecule has 7 rings (SSSR count). The van der Waals surface area contributed by atoms with Crippen LogP contribution in [0.2, 0.25) is 0 Å². The summed E-state index contributed by atoms with van der Waals surface area (Å²) in [7, 11) is 0. The molecule has 0 spiro atoms. The Hall–Kier alpha value is -5.97. The molecule has 0 saturated heterocycles. The third-order valence-electron chi connectivity index (χ3n) is 10.0. The molecule has 2 aromatic heterocycles. The molecule has 0 aliphatic carbocycles. The molecule has 0 aliphatic heterocycles. The lowest BCUT2D eigenvalue weighted by atomic mass is 9.85. The van der Waals surface area contributed by atoms with Gasteiger partial charge in [-0.15, -0.1) is 0 Å². The SMILES string of the molecule is C.Cc1cc(-n2c3ccc(C(C)(C)C)cc3c3cc(C(C)(C)C)ccc32)cc(C)c1-c1c(C#N)c(-c2ccccc2)nc(-c2ccccc2)c1C#N. The summed E-state index contributed by atoms with van der Waals surface area (Å²) >= 11 is 0. The second kappa shape index (κ2) is 13.3. The predicted molar refractivity (Wildman–Crippen MR) is 218 cm³/mol. The van der Waals surface area contributed by atoms with Crippen LogP contribution in [-0.4, -0.2) is 9.55 Å². The summed E-state index contributed by atoms with van der Waals surface area (Å²) in [6.07, 6.45) is 0. The molecule has 52 heavy (non-hydrogen) atoms. The lowest BCUT2D eigenvalue weighted by molar-refractivity contribution is 0.590. The van der Waals surface area contributed by atoms with E-state index in [2.05, 4.69) is 121 Å². The molecule has 0 N–H and O–H groups in total. The topological polar surface area (TPSA) is 65.4 Å². The normalized spacial score (nSPS) is 11.7. The summed E-state index contributed by atoms with van der Waals surface area (Å²) in [5, 5.41) is 24.0.